The van der Waals surface area contributed by atoms with Gasteiger partial charge in [-0.05, 0) is 20.8 Å². The Hall–Kier alpha value is -0.280. The Morgan fingerprint density at radius 2 is 1.53 bits per heavy atom. The van der Waals surface area contributed by atoms with E-state index in [1.165, 1.54) is 0 Å². The summed E-state index contributed by atoms with van der Waals surface area (Å²) in [6.45, 7) is 2.88. The third kappa shape index (κ3) is 1.92. The first kappa shape index (κ1) is 16.8. The van der Waals surface area contributed by atoms with Gasteiger partial charge in [-0.15, -0.1) is 11.8 Å². The molecule has 1 fully saturated rings. The predicted octanol–water partition coefficient (Wildman–Crippen LogP) is -0.586. The number of hydrogen-bond donors (Lipinski definition) is 3. The molecule has 0 aromatic heterocycles. The van der Waals surface area contributed by atoms with Gasteiger partial charge in [0.05, 0.1) is 4.16 Å². The van der Waals surface area contributed by atoms with E-state index in [0.717, 1.165) is 32.5 Å². The van der Waals surface area contributed by atoms with Crippen LogP contribution in [-0.2, 0) is 14.4 Å². The van der Waals surface area contributed by atoms with Gasteiger partial charge >= 0.3 is 0 Å². The summed E-state index contributed by atoms with van der Waals surface area (Å²) >= 11 is 3.88. The Kier molecular flexibility index (Phi) is 4.35. The van der Waals surface area contributed by atoms with E-state index in [1.54, 1.807) is 0 Å². The fraction of sp³-hybridized carbons (Fsp3) is 0.727. The topological polar surface area (TPSA) is 112 Å². The van der Waals surface area contributed by atoms with Crippen molar-refractivity contribution in [3.63, 3.8) is 0 Å². The number of hydrogen-bond acceptors (Lipinski definition) is 7. The van der Waals surface area contributed by atoms with Crippen molar-refractivity contribution >= 4 is 45.0 Å². The molecule has 0 saturated carbocycles. The van der Waals surface area contributed by atoms with Crippen molar-refractivity contribution in [1.29, 1.82) is 0 Å². The molecule has 1 aliphatic rings. The number of carbonyl (C=O) groups excluding carboxylic acids is 3. The number of Topliss-reactive ketones (excluding diaryl/α,β-unsaturated/α-hetero) is 3. The highest BCUT2D eigenvalue weighted by Crippen LogP contribution is 2.50. The Morgan fingerprint density at radius 1 is 1.05 bits per heavy atom. The van der Waals surface area contributed by atoms with Gasteiger partial charge in [0.2, 0.25) is 0 Å². The number of ketones is 3. The number of alkyl halides is 1. The predicted molar refractivity (Wildman–Crippen MR) is 72.1 cm³/mol. The zero-order chi connectivity index (χ0) is 15.2. The third-order valence-electron chi connectivity index (χ3n) is 3.55. The highest BCUT2D eigenvalue weighted by molar-refractivity contribution is 9.11. The summed E-state index contributed by atoms with van der Waals surface area (Å²) in [5.41, 5.74) is -8.01. The maximum atomic E-state index is 11.8. The number of carbonyl (C=O) groups is 3. The number of aliphatic hydroxyl groups is 3. The Labute approximate surface area is 122 Å². The van der Waals surface area contributed by atoms with Crippen molar-refractivity contribution < 1.29 is 29.7 Å². The van der Waals surface area contributed by atoms with E-state index in [2.05, 4.69) is 15.9 Å². The maximum Gasteiger partial charge on any atom is 0.197 e. The number of thioether (sulfide) groups is 1. The molecular weight excluding hydrogens is 340 g/mol. The normalized spacial score (nSPS) is 42.8. The first-order valence-corrected chi connectivity index (χ1v) is 7.38. The van der Waals surface area contributed by atoms with Crippen LogP contribution >= 0.6 is 27.7 Å². The van der Waals surface area contributed by atoms with E-state index in [-0.39, 0.29) is 5.75 Å². The van der Waals surface area contributed by atoms with E-state index in [4.69, 9.17) is 0 Å². The highest BCUT2D eigenvalue weighted by atomic mass is 79.9. The van der Waals surface area contributed by atoms with Gasteiger partial charge in [0.1, 0.15) is 0 Å². The minimum atomic E-state index is -2.89. The molecular formula is C11H15BrO6S. The van der Waals surface area contributed by atoms with Crippen molar-refractivity contribution in [3.05, 3.63) is 0 Å². The SMILES string of the molecule is CC(=O)[C@]1(O)[C@@](O)(C(C)=O)CSC(Br)[C@@]1(O)C(C)=O. The average molecular weight is 355 g/mol. The molecule has 1 saturated heterocycles. The average Bonchev–Trinajstić information content (AvgIpc) is 2.30. The van der Waals surface area contributed by atoms with Crippen molar-refractivity contribution in [3.8, 4) is 0 Å². The largest absolute Gasteiger partial charge is 0.378 e. The summed E-state index contributed by atoms with van der Waals surface area (Å²) < 4.78 is -1.02. The van der Waals surface area contributed by atoms with E-state index in [0.29, 0.717) is 0 Å². The van der Waals surface area contributed by atoms with Crippen LogP contribution in [0.1, 0.15) is 20.8 Å². The lowest BCUT2D eigenvalue weighted by Gasteiger charge is -2.53. The molecule has 0 aliphatic carbocycles. The second-order valence-electron chi connectivity index (χ2n) is 4.63. The summed E-state index contributed by atoms with van der Waals surface area (Å²) in [6.07, 6.45) is 0. The third-order valence-corrected chi connectivity index (χ3v) is 6.22. The number of rotatable bonds is 3. The van der Waals surface area contributed by atoms with Crippen molar-refractivity contribution in [2.45, 2.75) is 41.7 Å². The fourth-order valence-electron chi connectivity index (χ4n) is 2.23. The molecule has 1 aliphatic heterocycles. The second-order valence-corrected chi connectivity index (χ2v) is 7.25. The first-order valence-electron chi connectivity index (χ1n) is 5.42. The lowest BCUT2D eigenvalue weighted by atomic mass is 9.66. The molecule has 0 amide bonds. The summed E-state index contributed by atoms with van der Waals surface area (Å²) in [4.78, 5) is 35.2. The van der Waals surface area contributed by atoms with Gasteiger partial charge in [-0.2, -0.15) is 0 Å². The smallest absolute Gasteiger partial charge is 0.197 e. The molecule has 19 heavy (non-hydrogen) atoms. The standard InChI is InChI=1S/C11H15BrO6S/c1-5(13)9(16)4-19-8(12)10(17,6(2)14)11(9,18)7(3)15/h8,16-18H,4H2,1-3H3/t8?,9-,10-,11-/m0/s1. The minimum absolute atomic E-state index is 0.316. The monoisotopic (exact) mass is 354 g/mol. The van der Waals surface area contributed by atoms with E-state index in [1.807, 2.05) is 0 Å². The van der Waals surface area contributed by atoms with Crippen LogP contribution in [0.2, 0.25) is 0 Å². The van der Waals surface area contributed by atoms with Crippen LogP contribution in [0, 0.1) is 0 Å². The quantitative estimate of drug-likeness (QED) is 0.581. The van der Waals surface area contributed by atoms with Crippen LogP contribution < -0.4 is 0 Å². The molecule has 1 unspecified atom stereocenters. The zero-order valence-corrected chi connectivity index (χ0v) is 13.0. The first-order chi connectivity index (χ1) is 8.46. The molecule has 0 bridgehead atoms. The van der Waals surface area contributed by atoms with Crippen LogP contribution in [0.25, 0.3) is 0 Å². The van der Waals surface area contributed by atoms with Crippen LogP contribution in [0.5, 0.6) is 0 Å². The molecule has 0 radical (unpaired) electrons. The highest BCUT2D eigenvalue weighted by Gasteiger charge is 2.74. The van der Waals surface area contributed by atoms with Crippen LogP contribution in [-0.4, -0.2) is 59.4 Å². The molecule has 0 aromatic carbocycles. The van der Waals surface area contributed by atoms with Gasteiger partial charge in [0.25, 0.3) is 0 Å². The molecule has 1 heterocycles. The lowest BCUT2D eigenvalue weighted by Crippen LogP contribution is -2.81. The van der Waals surface area contributed by atoms with Gasteiger partial charge in [0.15, 0.2) is 34.2 Å². The van der Waals surface area contributed by atoms with E-state index in [9.17, 15) is 29.7 Å². The summed E-state index contributed by atoms with van der Waals surface area (Å²) in [7, 11) is 0. The molecule has 3 N–H and O–H groups in total. The Bertz CT molecular complexity index is 454. The van der Waals surface area contributed by atoms with Crippen molar-refractivity contribution in [2.75, 3.05) is 5.75 Å². The van der Waals surface area contributed by atoms with Crippen LogP contribution in [0.4, 0.5) is 0 Å². The van der Waals surface area contributed by atoms with Gasteiger partial charge < -0.3 is 15.3 Å². The van der Waals surface area contributed by atoms with Gasteiger partial charge in [-0.3, -0.25) is 14.4 Å². The molecule has 1 rings (SSSR count). The van der Waals surface area contributed by atoms with Gasteiger partial charge in [-0.25, -0.2) is 0 Å². The molecule has 8 heteroatoms. The van der Waals surface area contributed by atoms with Crippen LogP contribution in [0.15, 0.2) is 0 Å². The van der Waals surface area contributed by atoms with Crippen LogP contribution in [0.3, 0.4) is 0 Å². The number of halogens is 1. The minimum Gasteiger partial charge on any atom is -0.378 e. The zero-order valence-electron chi connectivity index (χ0n) is 10.6. The molecule has 6 nitrogen and oxygen atoms in total. The van der Waals surface area contributed by atoms with Gasteiger partial charge in [-0.1, -0.05) is 15.9 Å². The van der Waals surface area contributed by atoms with Crippen molar-refractivity contribution in [1.82, 2.24) is 0 Å². The summed E-state index contributed by atoms with van der Waals surface area (Å²) in [5.74, 6) is -3.17. The molecule has 4 atom stereocenters. The Morgan fingerprint density at radius 3 is 1.84 bits per heavy atom. The second kappa shape index (κ2) is 4.92. The Balaban J connectivity index is 3.65. The summed E-state index contributed by atoms with van der Waals surface area (Å²) in [5, 5.41) is 31.4. The fourth-order valence-corrected chi connectivity index (χ4v) is 4.66. The molecule has 0 spiro atoms. The maximum absolute atomic E-state index is 11.8. The lowest BCUT2D eigenvalue weighted by molar-refractivity contribution is -0.222. The van der Waals surface area contributed by atoms with E-state index >= 15 is 0 Å². The molecule has 108 valence electrons. The van der Waals surface area contributed by atoms with Crippen molar-refractivity contribution in [2.24, 2.45) is 0 Å². The molecule has 0 aromatic rings. The van der Waals surface area contributed by atoms with E-state index < -0.39 is 38.3 Å². The van der Waals surface area contributed by atoms with Gasteiger partial charge in [0, 0.05) is 5.75 Å². The summed E-state index contributed by atoms with van der Waals surface area (Å²) in [6, 6.07) is 0.